The third-order valence-corrected chi connectivity index (χ3v) is 4.65. The van der Waals surface area contributed by atoms with Gasteiger partial charge in [0.05, 0.1) is 5.52 Å². The second-order valence-corrected chi connectivity index (χ2v) is 6.20. The van der Waals surface area contributed by atoms with Gasteiger partial charge < -0.3 is 15.3 Å². The summed E-state index contributed by atoms with van der Waals surface area (Å²) in [6.07, 6.45) is 1.84. The second kappa shape index (κ2) is 5.63. The number of aromatic nitrogens is 2. The lowest BCUT2D eigenvalue weighted by molar-refractivity contribution is 0.102. The van der Waals surface area contributed by atoms with Gasteiger partial charge in [-0.15, -0.1) is 0 Å². The van der Waals surface area contributed by atoms with Crippen molar-refractivity contribution < 1.29 is 4.79 Å². The first kappa shape index (κ1) is 15.2. The van der Waals surface area contributed by atoms with Crippen molar-refractivity contribution in [2.75, 3.05) is 5.32 Å². The minimum atomic E-state index is -0.186. The number of anilines is 1. The third kappa shape index (κ3) is 2.59. The van der Waals surface area contributed by atoms with Gasteiger partial charge in [0.1, 0.15) is 0 Å². The van der Waals surface area contributed by atoms with Crippen LogP contribution < -0.4 is 10.9 Å². The maximum absolute atomic E-state index is 12.5. The van der Waals surface area contributed by atoms with Crippen LogP contribution in [0.5, 0.6) is 0 Å². The Kier molecular flexibility index (Phi) is 3.42. The molecule has 2 aromatic carbocycles. The zero-order valence-electron chi connectivity index (χ0n) is 13.9. The molecule has 2 aromatic heterocycles. The fraction of sp³-hybridized carbons (Fsp3) is 0.100. The van der Waals surface area contributed by atoms with Crippen LogP contribution in [0.4, 0.5) is 5.69 Å². The Hall–Kier alpha value is -3.34. The number of H-pyrrole nitrogens is 2. The van der Waals surface area contributed by atoms with Gasteiger partial charge in [0, 0.05) is 39.3 Å². The van der Waals surface area contributed by atoms with E-state index in [4.69, 9.17) is 0 Å². The SMILES string of the molecule is Cc1c(C)c2ccc(NC(=O)c3ccc4[nH]ccc4c3)cc2[nH]c1=O. The summed E-state index contributed by atoms with van der Waals surface area (Å²) in [4.78, 5) is 30.4. The molecular weight excluding hydrogens is 314 g/mol. The molecule has 2 heterocycles. The van der Waals surface area contributed by atoms with Gasteiger partial charge in [0.15, 0.2) is 0 Å². The highest BCUT2D eigenvalue weighted by molar-refractivity contribution is 6.07. The van der Waals surface area contributed by atoms with Gasteiger partial charge in [-0.25, -0.2) is 0 Å². The van der Waals surface area contributed by atoms with Crippen LogP contribution in [0.3, 0.4) is 0 Å². The molecule has 5 nitrogen and oxygen atoms in total. The van der Waals surface area contributed by atoms with Crippen molar-refractivity contribution >= 4 is 33.4 Å². The number of rotatable bonds is 2. The molecule has 0 aliphatic rings. The zero-order valence-corrected chi connectivity index (χ0v) is 13.9. The van der Waals surface area contributed by atoms with Gasteiger partial charge in [0.2, 0.25) is 0 Å². The van der Waals surface area contributed by atoms with E-state index in [2.05, 4.69) is 15.3 Å². The Morgan fingerprint density at radius 1 is 0.960 bits per heavy atom. The molecule has 4 rings (SSSR count). The number of aromatic amines is 2. The largest absolute Gasteiger partial charge is 0.361 e. The highest BCUT2D eigenvalue weighted by Gasteiger charge is 2.10. The molecule has 4 aromatic rings. The fourth-order valence-electron chi connectivity index (χ4n) is 3.04. The van der Waals surface area contributed by atoms with Crippen molar-refractivity contribution in [3.63, 3.8) is 0 Å². The summed E-state index contributed by atoms with van der Waals surface area (Å²) < 4.78 is 0. The summed E-state index contributed by atoms with van der Waals surface area (Å²) in [6.45, 7) is 3.73. The van der Waals surface area contributed by atoms with Gasteiger partial charge in [-0.05, 0) is 55.8 Å². The lowest BCUT2D eigenvalue weighted by Crippen LogP contribution is -2.13. The Bertz CT molecular complexity index is 1180. The first-order valence-electron chi connectivity index (χ1n) is 8.04. The van der Waals surface area contributed by atoms with Crippen molar-refractivity contribution in [1.82, 2.24) is 9.97 Å². The van der Waals surface area contributed by atoms with Crippen LogP contribution >= 0.6 is 0 Å². The Morgan fingerprint density at radius 2 is 1.80 bits per heavy atom. The van der Waals surface area contributed by atoms with E-state index in [1.807, 2.05) is 43.5 Å². The average molecular weight is 331 g/mol. The molecule has 3 N–H and O–H groups in total. The lowest BCUT2D eigenvalue weighted by atomic mass is 10.1. The van der Waals surface area contributed by atoms with Gasteiger partial charge >= 0.3 is 0 Å². The van der Waals surface area contributed by atoms with Gasteiger partial charge in [-0.3, -0.25) is 9.59 Å². The Balaban J connectivity index is 1.68. The predicted molar refractivity (Wildman–Crippen MR) is 100 cm³/mol. The normalized spacial score (nSPS) is 11.1. The smallest absolute Gasteiger partial charge is 0.255 e. The number of fused-ring (bicyclic) bond motifs is 2. The molecule has 1 amide bonds. The van der Waals surface area contributed by atoms with Gasteiger partial charge in [-0.2, -0.15) is 0 Å². The van der Waals surface area contributed by atoms with Gasteiger partial charge in [0.25, 0.3) is 11.5 Å². The van der Waals surface area contributed by atoms with Crippen LogP contribution in [0, 0.1) is 13.8 Å². The predicted octanol–water partition coefficient (Wildman–Crippen LogP) is 3.88. The van der Waals surface area contributed by atoms with Crippen molar-refractivity contribution in [3.05, 3.63) is 75.7 Å². The molecule has 0 aliphatic carbocycles. The molecule has 25 heavy (non-hydrogen) atoms. The number of pyridine rings is 1. The molecule has 0 unspecified atom stereocenters. The van der Waals surface area contributed by atoms with E-state index in [-0.39, 0.29) is 11.5 Å². The first-order valence-corrected chi connectivity index (χ1v) is 8.04. The average Bonchev–Trinajstić information content (AvgIpc) is 3.07. The van der Waals surface area contributed by atoms with Gasteiger partial charge in [-0.1, -0.05) is 6.07 Å². The van der Waals surface area contributed by atoms with Crippen LogP contribution in [0.15, 0.2) is 53.5 Å². The molecule has 0 bridgehead atoms. The molecule has 0 aliphatic heterocycles. The third-order valence-electron chi connectivity index (χ3n) is 4.65. The van der Waals surface area contributed by atoms with E-state index in [1.165, 1.54) is 0 Å². The molecule has 0 saturated carbocycles. The maximum Gasteiger partial charge on any atom is 0.255 e. The van der Waals surface area contributed by atoms with E-state index < -0.39 is 0 Å². The van der Waals surface area contributed by atoms with E-state index in [1.54, 1.807) is 19.1 Å². The van der Waals surface area contributed by atoms with E-state index in [0.29, 0.717) is 22.3 Å². The standard InChI is InChI=1S/C20H17N3O2/c1-11-12(2)19(24)23-18-10-15(4-5-16(11)18)22-20(25)14-3-6-17-13(9-14)7-8-21-17/h3-10,21H,1-2H3,(H,22,25)(H,23,24). The number of hydrogen-bond donors (Lipinski definition) is 3. The second-order valence-electron chi connectivity index (χ2n) is 6.20. The summed E-state index contributed by atoms with van der Waals surface area (Å²) in [5, 5.41) is 4.85. The highest BCUT2D eigenvalue weighted by Crippen LogP contribution is 2.22. The van der Waals surface area contributed by atoms with Crippen molar-refractivity contribution in [3.8, 4) is 0 Å². The Morgan fingerprint density at radius 3 is 2.64 bits per heavy atom. The number of nitrogens with one attached hydrogen (secondary N) is 3. The van der Waals surface area contributed by atoms with Crippen LogP contribution in [-0.4, -0.2) is 15.9 Å². The summed E-state index contributed by atoms with van der Waals surface area (Å²) >= 11 is 0. The number of amides is 1. The molecule has 0 spiro atoms. The minimum Gasteiger partial charge on any atom is -0.361 e. The molecular formula is C20H17N3O2. The summed E-state index contributed by atoms with van der Waals surface area (Å²) in [5.74, 6) is -0.186. The van der Waals surface area contributed by atoms with Crippen molar-refractivity contribution in [2.45, 2.75) is 13.8 Å². The number of carbonyl (C=O) groups is 1. The summed E-state index contributed by atoms with van der Waals surface area (Å²) in [6, 6.07) is 13.0. The molecule has 0 radical (unpaired) electrons. The zero-order chi connectivity index (χ0) is 17.6. The molecule has 0 atom stereocenters. The van der Waals surface area contributed by atoms with Crippen molar-refractivity contribution in [2.24, 2.45) is 0 Å². The quantitative estimate of drug-likeness (QED) is 0.521. The monoisotopic (exact) mass is 331 g/mol. The maximum atomic E-state index is 12.5. The first-order chi connectivity index (χ1) is 12.0. The molecule has 0 saturated heterocycles. The fourth-order valence-corrected chi connectivity index (χ4v) is 3.04. The van der Waals surface area contributed by atoms with Crippen LogP contribution in [-0.2, 0) is 0 Å². The number of carbonyl (C=O) groups excluding carboxylic acids is 1. The van der Waals surface area contributed by atoms with E-state index >= 15 is 0 Å². The summed E-state index contributed by atoms with van der Waals surface area (Å²) in [7, 11) is 0. The molecule has 124 valence electrons. The lowest BCUT2D eigenvalue weighted by Gasteiger charge is -2.09. The van der Waals surface area contributed by atoms with Crippen molar-refractivity contribution in [1.29, 1.82) is 0 Å². The van der Waals surface area contributed by atoms with E-state index in [9.17, 15) is 9.59 Å². The van der Waals surface area contributed by atoms with Crippen LogP contribution in [0.2, 0.25) is 0 Å². The Labute approximate surface area is 143 Å². The van der Waals surface area contributed by atoms with Crippen LogP contribution in [0.1, 0.15) is 21.5 Å². The molecule has 5 heteroatoms. The molecule has 0 fully saturated rings. The topological polar surface area (TPSA) is 77.8 Å². The summed E-state index contributed by atoms with van der Waals surface area (Å²) in [5.41, 5.74) is 4.49. The van der Waals surface area contributed by atoms with E-state index in [0.717, 1.165) is 21.9 Å². The number of benzene rings is 2. The minimum absolute atomic E-state index is 0.105. The van der Waals surface area contributed by atoms with Crippen LogP contribution in [0.25, 0.3) is 21.8 Å². The number of aryl methyl sites for hydroxylation is 1. The number of hydrogen-bond acceptors (Lipinski definition) is 2. The highest BCUT2D eigenvalue weighted by atomic mass is 16.1.